The number of aromatic carboxylic acids is 1. The zero-order valence-electron chi connectivity index (χ0n) is 11.8. The molecule has 6 nitrogen and oxygen atoms in total. The minimum atomic E-state index is -3.91. The number of carboxylic acid groups (broad SMARTS) is 1. The van der Waals surface area contributed by atoms with Crippen LogP contribution in [-0.4, -0.2) is 36.2 Å². The Kier molecular flexibility index (Phi) is 4.58. The van der Waals surface area contributed by atoms with Crippen LogP contribution in [0.4, 0.5) is 0 Å². The zero-order chi connectivity index (χ0) is 15.7. The molecule has 1 rings (SSSR count). The van der Waals surface area contributed by atoms with Crippen molar-refractivity contribution in [1.82, 2.24) is 4.72 Å². The number of carbonyl (C=O) groups is 1. The van der Waals surface area contributed by atoms with Crippen LogP contribution in [0.3, 0.4) is 0 Å². The fourth-order valence-electron chi connectivity index (χ4n) is 1.49. The summed E-state index contributed by atoms with van der Waals surface area (Å²) in [6.45, 7) is 6.15. The molecule has 0 aliphatic carbocycles. The number of sulfonamides is 1. The summed E-state index contributed by atoms with van der Waals surface area (Å²) in [6.07, 6.45) is -0.901. The van der Waals surface area contributed by atoms with Gasteiger partial charge in [-0.3, -0.25) is 0 Å². The Morgan fingerprint density at radius 3 is 2.35 bits per heavy atom. The van der Waals surface area contributed by atoms with E-state index in [2.05, 4.69) is 4.72 Å². The first-order valence-corrected chi connectivity index (χ1v) is 7.51. The van der Waals surface area contributed by atoms with Crippen LogP contribution in [0, 0.1) is 6.92 Å². The molecule has 0 saturated carbocycles. The minimum absolute atomic E-state index is 0.0669. The summed E-state index contributed by atoms with van der Waals surface area (Å²) >= 11 is 0. The minimum Gasteiger partial charge on any atom is -0.478 e. The largest absolute Gasteiger partial charge is 0.478 e. The van der Waals surface area contributed by atoms with Gasteiger partial charge in [-0.05, 0) is 45.4 Å². The molecule has 0 aliphatic heterocycles. The molecular formula is C13H19NO5S. The summed E-state index contributed by atoms with van der Waals surface area (Å²) < 4.78 is 26.8. The lowest BCUT2D eigenvalue weighted by molar-refractivity contribution is 0.0696. The SMILES string of the molecule is Cc1ccc(S(=O)(=O)NC(C)(C)C(C)O)cc1C(=O)O. The van der Waals surface area contributed by atoms with Crippen LogP contribution in [0.5, 0.6) is 0 Å². The zero-order valence-corrected chi connectivity index (χ0v) is 12.7. The van der Waals surface area contributed by atoms with Crippen molar-refractivity contribution in [2.45, 2.75) is 44.2 Å². The van der Waals surface area contributed by atoms with Gasteiger partial charge in [-0.2, -0.15) is 0 Å². The van der Waals surface area contributed by atoms with Gasteiger partial charge in [0.1, 0.15) is 0 Å². The van der Waals surface area contributed by atoms with Gasteiger partial charge in [0.2, 0.25) is 10.0 Å². The highest BCUT2D eigenvalue weighted by molar-refractivity contribution is 7.89. The molecule has 0 saturated heterocycles. The summed E-state index contributed by atoms with van der Waals surface area (Å²) in [4.78, 5) is 10.9. The predicted molar refractivity (Wildman–Crippen MR) is 74.2 cm³/mol. The van der Waals surface area contributed by atoms with Crippen molar-refractivity contribution in [3.8, 4) is 0 Å². The first kappa shape index (κ1) is 16.6. The fraction of sp³-hybridized carbons (Fsp3) is 0.462. The molecular weight excluding hydrogens is 282 g/mol. The maximum Gasteiger partial charge on any atom is 0.335 e. The molecule has 1 atom stereocenters. The second kappa shape index (κ2) is 5.51. The van der Waals surface area contributed by atoms with E-state index in [9.17, 15) is 18.3 Å². The second-order valence-electron chi connectivity index (χ2n) is 5.29. The van der Waals surface area contributed by atoms with E-state index in [1.807, 2.05) is 0 Å². The van der Waals surface area contributed by atoms with Crippen molar-refractivity contribution >= 4 is 16.0 Å². The van der Waals surface area contributed by atoms with Crippen molar-refractivity contribution in [3.05, 3.63) is 29.3 Å². The van der Waals surface area contributed by atoms with E-state index in [4.69, 9.17) is 5.11 Å². The van der Waals surface area contributed by atoms with Crippen molar-refractivity contribution in [2.24, 2.45) is 0 Å². The number of aliphatic hydroxyl groups excluding tert-OH is 1. The number of carboxylic acids is 1. The van der Waals surface area contributed by atoms with Gasteiger partial charge in [0.05, 0.1) is 22.1 Å². The maximum absolute atomic E-state index is 12.2. The lowest BCUT2D eigenvalue weighted by atomic mass is 10.0. The molecule has 3 N–H and O–H groups in total. The number of nitrogens with one attached hydrogen (secondary N) is 1. The Morgan fingerprint density at radius 1 is 1.35 bits per heavy atom. The topological polar surface area (TPSA) is 104 Å². The first-order valence-electron chi connectivity index (χ1n) is 6.03. The van der Waals surface area contributed by atoms with Gasteiger partial charge >= 0.3 is 5.97 Å². The molecule has 0 radical (unpaired) electrons. The summed E-state index contributed by atoms with van der Waals surface area (Å²) in [5.74, 6) is -1.19. The molecule has 112 valence electrons. The Labute approximate surface area is 118 Å². The summed E-state index contributed by atoms with van der Waals surface area (Å²) in [7, 11) is -3.91. The van der Waals surface area contributed by atoms with Crippen LogP contribution in [0.1, 0.15) is 36.7 Å². The summed E-state index contributed by atoms with van der Waals surface area (Å²) in [5, 5.41) is 18.6. The first-order chi connectivity index (χ1) is 8.97. The molecule has 0 heterocycles. The van der Waals surface area contributed by atoms with Crippen molar-refractivity contribution in [3.63, 3.8) is 0 Å². The van der Waals surface area contributed by atoms with Gasteiger partial charge in [-0.1, -0.05) is 6.07 Å². The normalized spacial score (nSPS) is 14.1. The van der Waals surface area contributed by atoms with Gasteiger partial charge in [0.15, 0.2) is 0 Å². The van der Waals surface area contributed by atoms with E-state index in [0.717, 1.165) is 6.07 Å². The second-order valence-corrected chi connectivity index (χ2v) is 6.97. The van der Waals surface area contributed by atoms with E-state index in [-0.39, 0.29) is 10.5 Å². The van der Waals surface area contributed by atoms with Crippen LogP contribution in [-0.2, 0) is 10.0 Å². The Morgan fingerprint density at radius 2 is 1.90 bits per heavy atom. The van der Waals surface area contributed by atoms with Crippen molar-refractivity contribution in [2.75, 3.05) is 0 Å². The standard InChI is InChI=1S/C13H19NO5S/c1-8-5-6-10(7-11(8)12(16)17)20(18,19)14-13(3,4)9(2)15/h5-7,9,14-15H,1-4H3,(H,16,17). The highest BCUT2D eigenvalue weighted by Gasteiger charge is 2.30. The molecule has 0 fully saturated rings. The Hall–Kier alpha value is -1.44. The third kappa shape index (κ3) is 3.56. The fourth-order valence-corrected chi connectivity index (χ4v) is 2.99. The summed E-state index contributed by atoms with van der Waals surface area (Å²) in [6, 6.07) is 3.88. The third-order valence-electron chi connectivity index (χ3n) is 3.19. The summed E-state index contributed by atoms with van der Waals surface area (Å²) in [5.41, 5.74) is -0.651. The number of benzene rings is 1. The van der Waals surface area contributed by atoms with Crippen LogP contribution in [0.25, 0.3) is 0 Å². The molecule has 0 bridgehead atoms. The molecule has 0 aromatic heterocycles. The number of aliphatic hydroxyl groups is 1. The average molecular weight is 301 g/mol. The molecule has 20 heavy (non-hydrogen) atoms. The number of rotatable bonds is 5. The van der Waals surface area contributed by atoms with Gasteiger partial charge in [0, 0.05) is 0 Å². The molecule has 0 amide bonds. The van der Waals surface area contributed by atoms with Crippen molar-refractivity contribution in [1.29, 1.82) is 0 Å². The van der Waals surface area contributed by atoms with Crippen LogP contribution in [0.2, 0.25) is 0 Å². The van der Waals surface area contributed by atoms with E-state index >= 15 is 0 Å². The smallest absolute Gasteiger partial charge is 0.335 e. The average Bonchev–Trinajstić information content (AvgIpc) is 2.27. The van der Waals surface area contributed by atoms with Gasteiger partial charge in [-0.15, -0.1) is 0 Å². The van der Waals surface area contributed by atoms with Gasteiger partial charge in [0.25, 0.3) is 0 Å². The quantitative estimate of drug-likeness (QED) is 0.756. The number of hydrogen-bond donors (Lipinski definition) is 3. The van der Waals surface area contributed by atoms with Crippen LogP contribution in [0.15, 0.2) is 23.1 Å². The van der Waals surface area contributed by atoms with Gasteiger partial charge < -0.3 is 10.2 Å². The van der Waals surface area contributed by atoms with Crippen LogP contribution >= 0.6 is 0 Å². The highest BCUT2D eigenvalue weighted by Crippen LogP contribution is 2.19. The van der Waals surface area contributed by atoms with E-state index < -0.39 is 27.6 Å². The lowest BCUT2D eigenvalue weighted by Gasteiger charge is -2.29. The maximum atomic E-state index is 12.2. The van der Waals surface area contributed by atoms with Gasteiger partial charge in [-0.25, -0.2) is 17.9 Å². The number of hydrogen-bond acceptors (Lipinski definition) is 4. The van der Waals surface area contributed by atoms with E-state index in [1.54, 1.807) is 20.8 Å². The molecule has 1 aromatic carbocycles. The predicted octanol–water partition coefficient (Wildman–Crippen LogP) is 1.13. The molecule has 1 aromatic rings. The van der Waals surface area contributed by atoms with Crippen LogP contribution < -0.4 is 4.72 Å². The highest BCUT2D eigenvalue weighted by atomic mass is 32.2. The number of aryl methyl sites for hydroxylation is 1. The molecule has 0 spiro atoms. The lowest BCUT2D eigenvalue weighted by Crippen LogP contribution is -2.50. The molecule has 7 heteroatoms. The van der Waals surface area contributed by atoms with Crippen molar-refractivity contribution < 1.29 is 23.4 Å². The monoisotopic (exact) mass is 301 g/mol. The Balaban J connectivity index is 3.24. The van der Waals surface area contributed by atoms with E-state index in [0.29, 0.717) is 5.56 Å². The Bertz CT molecular complexity index is 620. The van der Waals surface area contributed by atoms with E-state index in [1.165, 1.54) is 19.1 Å². The molecule has 1 unspecified atom stereocenters. The molecule has 0 aliphatic rings. The third-order valence-corrected chi connectivity index (χ3v) is 4.86.